The lowest BCUT2D eigenvalue weighted by Crippen LogP contribution is -2.17. The number of aliphatic carboxylic acids is 1. The van der Waals surface area contributed by atoms with E-state index in [-0.39, 0.29) is 17.3 Å². The van der Waals surface area contributed by atoms with Gasteiger partial charge in [-0.15, -0.1) is 0 Å². The molecule has 0 atom stereocenters. The minimum absolute atomic E-state index is 0.0559. The Bertz CT molecular complexity index is 493. The van der Waals surface area contributed by atoms with E-state index in [0.717, 1.165) is 24.2 Å². The molecule has 1 saturated carbocycles. The number of benzene rings is 1. The van der Waals surface area contributed by atoms with Crippen molar-refractivity contribution in [2.75, 3.05) is 7.11 Å². The highest BCUT2D eigenvalue weighted by Crippen LogP contribution is 2.54. The Kier molecular flexibility index (Phi) is 3.33. The molecule has 3 nitrogen and oxygen atoms in total. The summed E-state index contributed by atoms with van der Waals surface area (Å²) in [7, 11) is 1.65. The molecule has 0 spiro atoms. The predicted octanol–water partition coefficient (Wildman–Crippen LogP) is 3.50. The van der Waals surface area contributed by atoms with E-state index in [1.807, 2.05) is 6.07 Å². The minimum atomic E-state index is -0.735. The van der Waals surface area contributed by atoms with Crippen LogP contribution in [0.15, 0.2) is 18.2 Å². The van der Waals surface area contributed by atoms with Crippen molar-refractivity contribution in [1.29, 1.82) is 0 Å². The Hall–Kier alpha value is -1.51. The van der Waals surface area contributed by atoms with Gasteiger partial charge in [-0.25, -0.2) is 0 Å². The molecule has 104 valence electrons. The number of rotatable bonds is 4. The summed E-state index contributed by atoms with van der Waals surface area (Å²) in [6.07, 6.45) is 2.06. The van der Waals surface area contributed by atoms with Crippen LogP contribution < -0.4 is 4.74 Å². The van der Waals surface area contributed by atoms with Gasteiger partial charge in [0.05, 0.1) is 13.5 Å². The van der Waals surface area contributed by atoms with E-state index >= 15 is 0 Å². The summed E-state index contributed by atoms with van der Waals surface area (Å²) in [5.41, 5.74) is 2.13. The van der Waals surface area contributed by atoms with Gasteiger partial charge in [-0.05, 0) is 29.9 Å². The predicted molar refractivity (Wildman–Crippen MR) is 74.9 cm³/mol. The summed E-state index contributed by atoms with van der Waals surface area (Å²) in [5, 5.41) is 9.10. The molecule has 19 heavy (non-hydrogen) atoms. The molecule has 1 aliphatic rings. The first kappa shape index (κ1) is 13.9. The Labute approximate surface area is 114 Å². The number of carboxylic acid groups (broad SMARTS) is 1. The second kappa shape index (κ2) is 4.55. The lowest BCUT2D eigenvalue weighted by atomic mass is 9.82. The fourth-order valence-corrected chi connectivity index (χ4v) is 2.57. The van der Waals surface area contributed by atoms with Crippen LogP contribution in [0.5, 0.6) is 5.75 Å². The maximum atomic E-state index is 11.1. The van der Waals surface area contributed by atoms with Crippen LogP contribution in [0.25, 0.3) is 0 Å². The zero-order chi connectivity index (χ0) is 14.3. The van der Waals surface area contributed by atoms with Crippen molar-refractivity contribution in [3.05, 3.63) is 29.3 Å². The van der Waals surface area contributed by atoms with Crippen molar-refractivity contribution in [2.24, 2.45) is 0 Å². The van der Waals surface area contributed by atoms with E-state index in [2.05, 4.69) is 32.9 Å². The number of ether oxygens (including phenoxy) is 1. The van der Waals surface area contributed by atoms with Crippen molar-refractivity contribution in [3.8, 4) is 5.75 Å². The van der Waals surface area contributed by atoms with Gasteiger partial charge in [-0.2, -0.15) is 0 Å². The highest BCUT2D eigenvalue weighted by molar-refractivity contribution is 5.70. The Morgan fingerprint density at radius 3 is 2.42 bits per heavy atom. The van der Waals surface area contributed by atoms with E-state index in [4.69, 9.17) is 9.84 Å². The highest BCUT2D eigenvalue weighted by Gasteiger charge is 2.48. The Morgan fingerprint density at radius 2 is 2.00 bits per heavy atom. The van der Waals surface area contributed by atoms with E-state index in [1.165, 1.54) is 5.56 Å². The van der Waals surface area contributed by atoms with Gasteiger partial charge in [-0.1, -0.05) is 32.9 Å². The van der Waals surface area contributed by atoms with Crippen LogP contribution in [0, 0.1) is 0 Å². The molecule has 0 unspecified atom stereocenters. The third-order valence-corrected chi connectivity index (χ3v) is 3.98. The van der Waals surface area contributed by atoms with Crippen LogP contribution in [0.3, 0.4) is 0 Å². The van der Waals surface area contributed by atoms with Gasteiger partial charge < -0.3 is 9.84 Å². The summed E-state index contributed by atoms with van der Waals surface area (Å²) in [4.78, 5) is 11.1. The first-order chi connectivity index (χ1) is 8.78. The molecule has 0 saturated heterocycles. The largest absolute Gasteiger partial charge is 0.496 e. The second-order valence-electron chi connectivity index (χ2n) is 6.52. The van der Waals surface area contributed by atoms with Gasteiger partial charge >= 0.3 is 5.97 Å². The minimum Gasteiger partial charge on any atom is -0.496 e. The van der Waals surface area contributed by atoms with Gasteiger partial charge in [-0.3, -0.25) is 4.79 Å². The van der Waals surface area contributed by atoms with Crippen LogP contribution in [-0.2, 0) is 15.6 Å². The Balaban J connectivity index is 2.46. The maximum absolute atomic E-state index is 11.1. The highest BCUT2D eigenvalue weighted by atomic mass is 16.5. The second-order valence-corrected chi connectivity index (χ2v) is 6.52. The molecule has 2 rings (SSSR count). The van der Waals surface area contributed by atoms with Crippen LogP contribution in [0.4, 0.5) is 0 Å². The first-order valence-corrected chi connectivity index (χ1v) is 6.69. The maximum Gasteiger partial charge on any atom is 0.304 e. The molecular weight excluding hydrogens is 240 g/mol. The third kappa shape index (κ3) is 2.75. The van der Waals surface area contributed by atoms with E-state index in [0.29, 0.717) is 0 Å². The molecule has 1 aromatic carbocycles. The van der Waals surface area contributed by atoms with Gasteiger partial charge in [0, 0.05) is 11.0 Å². The van der Waals surface area contributed by atoms with Crippen LogP contribution >= 0.6 is 0 Å². The van der Waals surface area contributed by atoms with Crippen molar-refractivity contribution in [1.82, 2.24) is 0 Å². The van der Waals surface area contributed by atoms with Crippen molar-refractivity contribution in [3.63, 3.8) is 0 Å². The zero-order valence-corrected chi connectivity index (χ0v) is 12.1. The quantitative estimate of drug-likeness (QED) is 0.903. The van der Waals surface area contributed by atoms with Crippen molar-refractivity contribution in [2.45, 2.75) is 50.9 Å². The van der Waals surface area contributed by atoms with E-state index in [1.54, 1.807) is 7.11 Å². The standard InChI is InChI=1S/C16H22O3/c1-15(2,3)11-5-6-13(19-4)12(9-11)16(7-8-16)10-14(17)18/h5-6,9H,7-8,10H2,1-4H3,(H,17,18). The lowest BCUT2D eigenvalue weighted by molar-refractivity contribution is -0.137. The molecule has 1 aliphatic carbocycles. The molecule has 1 N–H and O–H groups in total. The monoisotopic (exact) mass is 262 g/mol. The zero-order valence-electron chi connectivity index (χ0n) is 12.1. The topological polar surface area (TPSA) is 46.5 Å². The third-order valence-electron chi connectivity index (χ3n) is 3.98. The van der Waals surface area contributed by atoms with Gasteiger partial charge in [0.25, 0.3) is 0 Å². The SMILES string of the molecule is COc1ccc(C(C)(C)C)cc1C1(CC(=O)O)CC1. The van der Waals surface area contributed by atoms with E-state index < -0.39 is 5.97 Å². The molecule has 1 fully saturated rings. The molecule has 0 bridgehead atoms. The van der Waals surface area contributed by atoms with Crippen LogP contribution in [0.2, 0.25) is 0 Å². The first-order valence-electron chi connectivity index (χ1n) is 6.69. The summed E-state index contributed by atoms with van der Waals surface area (Å²) >= 11 is 0. The molecule has 1 aromatic rings. The van der Waals surface area contributed by atoms with Gasteiger partial charge in [0.1, 0.15) is 5.75 Å². The van der Waals surface area contributed by atoms with E-state index in [9.17, 15) is 4.79 Å². The molecule has 0 aliphatic heterocycles. The number of carbonyl (C=O) groups is 1. The summed E-state index contributed by atoms with van der Waals surface area (Å²) in [6, 6.07) is 6.17. The number of hydrogen-bond donors (Lipinski definition) is 1. The fourth-order valence-electron chi connectivity index (χ4n) is 2.57. The lowest BCUT2D eigenvalue weighted by Gasteiger charge is -2.24. The Morgan fingerprint density at radius 1 is 1.37 bits per heavy atom. The number of carboxylic acids is 1. The molecule has 0 heterocycles. The van der Waals surface area contributed by atoms with Crippen molar-refractivity contribution < 1.29 is 14.6 Å². The smallest absolute Gasteiger partial charge is 0.304 e. The number of hydrogen-bond acceptors (Lipinski definition) is 2. The summed E-state index contributed by atoms with van der Waals surface area (Å²) in [6.45, 7) is 6.49. The number of methoxy groups -OCH3 is 1. The summed E-state index contributed by atoms with van der Waals surface area (Å²) in [5.74, 6) is 0.0764. The summed E-state index contributed by atoms with van der Waals surface area (Å²) < 4.78 is 5.43. The molecular formula is C16H22O3. The van der Waals surface area contributed by atoms with Gasteiger partial charge in [0.2, 0.25) is 0 Å². The van der Waals surface area contributed by atoms with Crippen LogP contribution in [-0.4, -0.2) is 18.2 Å². The average Bonchev–Trinajstić information content (AvgIpc) is 3.07. The molecule has 0 aromatic heterocycles. The molecule has 0 radical (unpaired) electrons. The average molecular weight is 262 g/mol. The fraction of sp³-hybridized carbons (Fsp3) is 0.562. The van der Waals surface area contributed by atoms with Crippen molar-refractivity contribution >= 4 is 5.97 Å². The normalized spacial score (nSPS) is 17.1. The van der Waals surface area contributed by atoms with Crippen LogP contribution in [0.1, 0.15) is 51.2 Å². The van der Waals surface area contributed by atoms with Gasteiger partial charge in [0.15, 0.2) is 0 Å². The molecule has 0 amide bonds. The molecule has 3 heteroatoms.